The Hall–Kier alpha value is -1.97. The first kappa shape index (κ1) is 26.3. The molecule has 0 unspecified atom stereocenters. The molecule has 0 aliphatic heterocycles. The summed E-state index contributed by atoms with van der Waals surface area (Å²) in [6, 6.07) is -0.123. The number of carbonyl (C=O) groups is 1. The molecular formula is C22H34ClN3O5Si. The van der Waals surface area contributed by atoms with Gasteiger partial charge in [0.2, 0.25) is 5.43 Å². The number of fused-ring (bicyclic) bond motifs is 1. The Morgan fingerprint density at radius 2 is 1.94 bits per heavy atom. The molecule has 0 radical (unpaired) electrons. The Balaban J connectivity index is 2.74. The van der Waals surface area contributed by atoms with Crippen LogP contribution in [0.3, 0.4) is 0 Å². The first-order valence-corrected chi connectivity index (χ1v) is 14.1. The predicted molar refractivity (Wildman–Crippen MR) is 128 cm³/mol. The van der Waals surface area contributed by atoms with E-state index in [1.54, 1.807) is 6.92 Å². The summed E-state index contributed by atoms with van der Waals surface area (Å²) in [5.74, 6) is -0.477. The number of hydrogen-bond acceptors (Lipinski definition) is 7. The van der Waals surface area contributed by atoms with E-state index in [1.165, 1.54) is 13.3 Å². The summed E-state index contributed by atoms with van der Waals surface area (Å²) in [6.07, 6.45) is 2.96. The predicted octanol–water partition coefficient (Wildman–Crippen LogP) is 4.59. The monoisotopic (exact) mass is 483 g/mol. The van der Waals surface area contributed by atoms with Crippen molar-refractivity contribution in [2.45, 2.75) is 71.6 Å². The van der Waals surface area contributed by atoms with Crippen LogP contribution < -0.4 is 10.2 Å². The van der Waals surface area contributed by atoms with Crippen molar-refractivity contribution < 1.29 is 19.1 Å². The van der Waals surface area contributed by atoms with Crippen LogP contribution in [0.2, 0.25) is 23.3 Å². The van der Waals surface area contributed by atoms with Crippen LogP contribution in [0.5, 0.6) is 5.88 Å². The van der Waals surface area contributed by atoms with Crippen LogP contribution in [0.25, 0.3) is 11.2 Å². The van der Waals surface area contributed by atoms with E-state index >= 15 is 0 Å². The number of aromatic nitrogens is 3. The molecule has 0 saturated carbocycles. The van der Waals surface area contributed by atoms with Gasteiger partial charge in [-0.3, -0.25) is 4.79 Å². The van der Waals surface area contributed by atoms with Gasteiger partial charge in [0, 0.05) is 12.2 Å². The van der Waals surface area contributed by atoms with Crippen LogP contribution >= 0.6 is 11.6 Å². The lowest BCUT2D eigenvalue weighted by Crippen LogP contribution is -2.39. The number of esters is 1. The van der Waals surface area contributed by atoms with Crippen molar-refractivity contribution in [3.05, 3.63) is 27.1 Å². The van der Waals surface area contributed by atoms with Crippen molar-refractivity contribution in [2.24, 2.45) is 5.92 Å². The van der Waals surface area contributed by atoms with Crippen LogP contribution in [0, 0.1) is 5.92 Å². The molecule has 1 N–H and O–H groups in total. The fourth-order valence-electron chi connectivity index (χ4n) is 3.46. The number of ether oxygens (including phenoxy) is 2. The highest BCUT2D eigenvalue weighted by molar-refractivity contribution is 6.72. The average Bonchev–Trinajstić information content (AvgIpc) is 2.68. The number of nitrogens with zero attached hydrogens (tertiary/aromatic N) is 3. The van der Waals surface area contributed by atoms with Gasteiger partial charge in [0.25, 0.3) is 5.88 Å². The van der Waals surface area contributed by atoms with Crippen LogP contribution in [-0.2, 0) is 4.74 Å². The van der Waals surface area contributed by atoms with Gasteiger partial charge in [0.15, 0.2) is 24.6 Å². The summed E-state index contributed by atoms with van der Waals surface area (Å²) >= 11 is 6.15. The average molecular weight is 484 g/mol. The topological polar surface area (TPSA) is 104 Å². The Morgan fingerprint density at radius 3 is 2.44 bits per heavy atom. The van der Waals surface area contributed by atoms with Crippen molar-refractivity contribution in [3.63, 3.8) is 0 Å². The molecule has 2 rings (SSSR count). The second-order valence-electron chi connectivity index (χ2n) is 9.49. The largest absolute Gasteiger partial charge is 0.479 e. The molecule has 0 spiro atoms. The summed E-state index contributed by atoms with van der Waals surface area (Å²) in [6.45, 7) is 14.0. The standard InChI is InChI=1S/C22H34ClN3O5Si/c1-9-31-21(28)14-12-26(15(13(2)3)10-11-22(4,5)32(7,8)29)19-16(17(14)27)24-18(23)20(25-19)30-6/h12-13,15,29H,9-11H2,1-8H3/t15-/m1/s1. The Labute approximate surface area is 195 Å². The summed E-state index contributed by atoms with van der Waals surface area (Å²) in [5, 5.41) is -0.286. The highest BCUT2D eigenvalue weighted by Gasteiger charge is 2.38. The second kappa shape index (κ2) is 9.89. The summed E-state index contributed by atoms with van der Waals surface area (Å²) < 4.78 is 12.1. The summed E-state index contributed by atoms with van der Waals surface area (Å²) in [4.78, 5) is 45.0. The molecule has 32 heavy (non-hydrogen) atoms. The third kappa shape index (κ3) is 5.32. The van der Waals surface area contributed by atoms with Gasteiger partial charge < -0.3 is 18.8 Å². The van der Waals surface area contributed by atoms with Crippen LogP contribution in [0.4, 0.5) is 0 Å². The maximum absolute atomic E-state index is 13.0. The molecule has 2 heterocycles. The number of carbonyl (C=O) groups excluding carboxylic acids is 1. The molecule has 2 aromatic heterocycles. The zero-order chi connectivity index (χ0) is 24.4. The molecule has 2 aromatic rings. The third-order valence-corrected chi connectivity index (χ3v) is 10.1. The maximum atomic E-state index is 13.0. The zero-order valence-electron chi connectivity index (χ0n) is 20.2. The molecule has 10 heteroatoms. The quantitative estimate of drug-likeness (QED) is 0.411. The Kier molecular flexibility index (Phi) is 8.12. The van der Waals surface area contributed by atoms with E-state index in [2.05, 4.69) is 37.7 Å². The van der Waals surface area contributed by atoms with Crippen molar-refractivity contribution in [1.82, 2.24) is 14.5 Å². The van der Waals surface area contributed by atoms with Crippen LogP contribution in [0.1, 0.15) is 63.9 Å². The van der Waals surface area contributed by atoms with Gasteiger partial charge >= 0.3 is 5.97 Å². The van der Waals surface area contributed by atoms with E-state index in [0.29, 0.717) is 12.1 Å². The lowest BCUT2D eigenvalue weighted by molar-refractivity contribution is 0.0523. The molecule has 0 aromatic carbocycles. The van der Waals surface area contributed by atoms with Gasteiger partial charge in [-0.15, -0.1) is 0 Å². The molecular weight excluding hydrogens is 450 g/mol. The SMILES string of the molecule is CCOC(=O)c1cn([C@H](CCC(C)(C)[Si](C)(C)O)C(C)C)c2nc(OC)c(Cl)nc2c1=O. The second-order valence-corrected chi connectivity index (χ2v) is 14.3. The Morgan fingerprint density at radius 1 is 1.31 bits per heavy atom. The highest BCUT2D eigenvalue weighted by Crippen LogP contribution is 2.42. The molecule has 0 fully saturated rings. The van der Waals surface area contributed by atoms with E-state index in [4.69, 9.17) is 21.1 Å². The molecule has 8 nitrogen and oxygen atoms in total. The van der Waals surface area contributed by atoms with Gasteiger partial charge in [-0.25, -0.2) is 9.78 Å². The van der Waals surface area contributed by atoms with Gasteiger partial charge in [0.05, 0.1) is 13.7 Å². The number of rotatable bonds is 9. The minimum atomic E-state index is -2.41. The lowest BCUT2D eigenvalue weighted by Gasteiger charge is -2.37. The molecule has 0 aliphatic carbocycles. The van der Waals surface area contributed by atoms with Crippen molar-refractivity contribution in [2.75, 3.05) is 13.7 Å². The molecule has 178 valence electrons. The van der Waals surface area contributed by atoms with Crippen LogP contribution in [-0.4, -0.2) is 47.3 Å². The smallest absolute Gasteiger partial charge is 0.343 e. The molecule has 1 atom stereocenters. The van der Waals surface area contributed by atoms with E-state index in [0.717, 1.165) is 6.42 Å². The lowest BCUT2D eigenvalue weighted by atomic mass is 9.94. The number of methoxy groups -OCH3 is 1. The first-order valence-electron chi connectivity index (χ1n) is 10.8. The van der Waals surface area contributed by atoms with E-state index in [9.17, 15) is 14.4 Å². The third-order valence-electron chi connectivity index (χ3n) is 6.32. The van der Waals surface area contributed by atoms with Crippen LogP contribution in [0.15, 0.2) is 11.0 Å². The van der Waals surface area contributed by atoms with Crippen molar-refractivity contribution in [3.8, 4) is 5.88 Å². The van der Waals surface area contributed by atoms with Gasteiger partial charge in [-0.2, -0.15) is 4.98 Å². The van der Waals surface area contributed by atoms with E-state index in [1.807, 2.05) is 17.7 Å². The minimum Gasteiger partial charge on any atom is -0.479 e. The zero-order valence-corrected chi connectivity index (χ0v) is 21.9. The van der Waals surface area contributed by atoms with Gasteiger partial charge in [0.1, 0.15) is 5.56 Å². The fourth-order valence-corrected chi connectivity index (χ4v) is 4.42. The Bertz CT molecular complexity index is 1050. The van der Waals surface area contributed by atoms with E-state index < -0.39 is 19.7 Å². The molecule has 0 amide bonds. The van der Waals surface area contributed by atoms with Gasteiger partial charge in [-0.1, -0.05) is 39.3 Å². The number of hydrogen-bond donors (Lipinski definition) is 1. The molecule has 0 saturated heterocycles. The number of pyridine rings is 1. The highest BCUT2D eigenvalue weighted by atomic mass is 35.5. The minimum absolute atomic E-state index is 0.0110. The van der Waals surface area contributed by atoms with E-state index in [-0.39, 0.29) is 45.7 Å². The van der Waals surface area contributed by atoms with Crippen molar-refractivity contribution >= 4 is 37.1 Å². The van der Waals surface area contributed by atoms with Gasteiger partial charge in [-0.05, 0) is 43.8 Å². The molecule has 0 bridgehead atoms. The van der Waals surface area contributed by atoms with Crippen molar-refractivity contribution in [1.29, 1.82) is 0 Å². The normalized spacial score (nSPS) is 13.5. The maximum Gasteiger partial charge on any atom is 0.343 e. The molecule has 0 aliphatic rings. The number of halogens is 1. The summed E-state index contributed by atoms with van der Waals surface area (Å²) in [5.41, 5.74) is -0.417. The first-order chi connectivity index (χ1) is 14.7. The summed E-state index contributed by atoms with van der Waals surface area (Å²) in [7, 11) is -0.986. The fraction of sp³-hybridized carbons (Fsp3) is 0.636.